The summed E-state index contributed by atoms with van der Waals surface area (Å²) < 4.78 is 7.64. The molecular formula is C20H35N5O2. The number of likely N-dealkylation sites (tertiary alicyclic amines) is 1. The molecular weight excluding hydrogens is 342 g/mol. The molecule has 0 bridgehead atoms. The first-order chi connectivity index (χ1) is 12.9. The molecule has 1 aliphatic rings. The summed E-state index contributed by atoms with van der Waals surface area (Å²) in [6.45, 7) is 12.5. The third-order valence-corrected chi connectivity index (χ3v) is 4.35. The number of guanidine groups is 1. The number of nitrogens with zero attached hydrogens (tertiary/aromatic N) is 3. The summed E-state index contributed by atoms with van der Waals surface area (Å²) in [6, 6.07) is 4.05. The van der Waals surface area contributed by atoms with Crippen LogP contribution in [0.2, 0.25) is 0 Å². The highest BCUT2D eigenvalue weighted by Crippen LogP contribution is 2.19. The molecule has 1 aromatic rings. The van der Waals surface area contributed by atoms with E-state index in [0.717, 1.165) is 45.0 Å². The van der Waals surface area contributed by atoms with Crippen LogP contribution in [0.4, 0.5) is 4.79 Å². The van der Waals surface area contributed by atoms with Crippen LogP contribution in [-0.4, -0.2) is 59.8 Å². The Labute approximate surface area is 163 Å². The Balaban J connectivity index is 1.81. The second kappa shape index (κ2) is 10.2. The van der Waals surface area contributed by atoms with Gasteiger partial charge in [0.05, 0.1) is 0 Å². The highest BCUT2D eigenvalue weighted by atomic mass is 16.6. The van der Waals surface area contributed by atoms with Crippen molar-refractivity contribution in [3.05, 3.63) is 24.5 Å². The van der Waals surface area contributed by atoms with E-state index in [9.17, 15) is 4.79 Å². The number of amides is 1. The summed E-state index contributed by atoms with van der Waals surface area (Å²) in [5.41, 5.74) is -0.454. The molecule has 27 heavy (non-hydrogen) atoms. The minimum Gasteiger partial charge on any atom is -0.444 e. The van der Waals surface area contributed by atoms with Crippen LogP contribution in [0.1, 0.15) is 40.5 Å². The molecule has 7 heteroatoms. The van der Waals surface area contributed by atoms with E-state index >= 15 is 0 Å². The Bertz CT molecular complexity index is 592. The molecule has 0 spiro atoms. The quantitative estimate of drug-likeness (QED) is 0.591. The minimum absolute atomic E-state index is 0.215. The lowest BCUT2D eigenvalue weighted by Crippen LogP contribution is -2.44. The third kappa shape index (κ3) is 7.93. The van der Waals surface area contributed by atoms with Gasteiger partial charge in [-0.05, 0) is 58.6 Å². The highest BCUT2D eigenvalue weighted by molar-refractivity contribution is 5.79. The molecule has 2 rings (SSSR count). The highest BCUT2D eigenvalue weighted by Gasteiger charge is 2.27. The van der Waals surface area contributed by atoms with Crippen molar-refractivity contribution in [2.45, 2.75) is 52.7 Å². The number of aromatic nitrogens is 1. The summed E-state index contributed by atoms with van der Waals surface area (Å²) in [7, 11) is 0. The van der Waals surface area contributed by atoms with Crippen LogP contribution < -0.4 is 10.6 Å². The van der Waals surface area contributed by atoms with Crippen molar-refractivity contribution >= 4 is 12.1 Å². The van der Waals surface area contributed by atoms with Gasteiger partial charge in [0.2, 0.25) is 0 Å². The number of piperidine rings is 1. The van der Waals surface area contributed by atoms with Crippen LogP contribution in [0.15, 0.2) is 29.5 Å². The summed E-state index contributed by atoms with van der Waals surface area (Å²) >= 11 is 0. The van der Waals surface area contributed by atoms with Gasteiger partial charge in [-0.3, -0.25) is 4.99 Å². The molecule has 1 fully saturated rings. The molecule has 1 aromatic heterocycles. The number of ether oxygens (including phenoxy) is 1. The lowest BCUT2D eigenvalue weighted by Gasteiger charge is -2.33. The Hall–Kier alpha value is -2.18. The molecule has 2 heterocycles. The number of carbonyl (C=O) groups excluding carboxylic acids is 1. The number of hydrogen-bond acceptors (Lipinski definition) is 3. The minimum atomic E-state index is -0.454. The van der Waals surface area contributed by atoms with Gasteiger partial charge in [-0.1, -0.05) is 0 Å². The largest absolute Gasteiger partial charge is 0.444 e. The zero-order valence-corrected chi connectivity index (χ0v) is 17.2. The molecule has 7 nitrogen and oxygen atoms in total. The monoisotopic (exact) mass is 377 g/mol. The molecule has 152 valence electrons. The molecule has 2 N–H and O–H groups in total. The van der Waals surface area contributed by atoms with Crippen molar-refractivity contribution in [3.8, 4) is 0 Å². The summed E-state index contributed by atoms with van der Waals surface area (Å²) in [5.74, 6) is 1.20. The second-order valence-electron chi connectivity index (χ2n) is 8.00. The average Bonchev–Trinajstić information content (AvgIpc) is 3.12. The van der Waals surface area contributed by atoms with Crippen molar-refractivity contribution in [1.29, 1.82) is 0 Å². The maximum Gasteiger partial charge on any atom is 0.410 e. The Kier molecular flexibility index (Phi) is 8.00. The first-order valence-corrected chi connectivity index (χ1v) is 9.98. The van der Waals surface area contributed by atoms with Crippen molar-refractivity contribution in [1.82, 2.24) is 20.1 Å². The van der Waals surface area contributed by atoms with E-state index in [-0.39, 0.29) is 6.09 Å². The van der Waals surface area contributed by atoms with Gasteiger partial charge < -0.3 is 24.8 Å². The summed E-state index contributed by atoms with van der Waals surface area (Å²) in [6.07, 6.45) is 5.98. The maximum atomic E-state index is 12.3. The number of nitrogens with one attached hydrogen (secondary N) is 2. The lowest BCUT2D eigenvalue weighted by molar-refractivity contribution is 0.0170. The van der Waals surface area contributed by atoms with Gasteiger partial charge in [0.1, 0.15) is 5.60 Å². The van der Waals surface area contributed by atoms with Crippen molar-refractivity contribution in [3.63, 3.8) is 0 Å². The molecule has 1 aliphatic heterocycles. The molecule has 1 amide bonds. The van der Waals surface area contributed by atoms with Gasteiger partial charge in [-0.15, -0.1) is 0 Å². The molecule has 1 atom stereocenters. The normalized spacial score (nSPS) is 18.3. The summed E-state index contributed by atoms with van der Waals surface area (Å²) in [5, 5.41) is 6.67. The number of carbonyl (C=O) groups is 1. The van der Waals surface area contributed by atoms with Gasteiger partial charge in [0.15, 0.2) is 5.96 Å². The van der Waals surface area contributed by atoms with Crippen molar-refractivity contribution in [2.75, 3.05) is 32.7 Å². The molecule has 0 aromatic carbocycles. The van der Waals surface area contributed by atoms with Crippen LogP contribution in [0.5, 0.6) is 0 Å². The third-order valence-electron chi connectivity index (χ3n) is 4.35. The molecule has 1 saturated heterocycles. The fourth-order valence-corrected chi connectivity index (χ4v) is 3.09. The summed E-state index contributed by atoms with van der Waals surface area (Å²) in [4.78, 5) is 18.8. The maximum absolute atomic E-state index is 12.3. The van der Waals surface area contributed by atoms with Crippen LogP contribution in [0.25, 0.3) is 0 Å². The Morgan fingerprint density at radius 3 is 2.67 bits per heavy atom. The SMILES string of the molecule is CCNC(=NCC1CCCN(C(=O)OC(C)(C)C)C1)NCCn1cccc1. The lowest BCUT2D eigenvalue weighted by atomic mass is 9.98. The zero-order chi connectivity index (χ0) is 19.7. The first kappa shape index (κ1) is 21.1. The predicted octanol–water partition coefficient (Wildman–Crippen LogP) is 2.69. The van der Waals surface area contributed by atoms with E-state index in [2.05, 4.69) is 34.5 Å². The van der Waals surface area contributed by atoms with E-state index in [1.165, 1.54) is 0 Å². The zero-order valence-electron chi connectivity index (χ0n) is 17.2. The van der Waals surface area contributed by atoms with E-state index in [4.69, 9.17) is 9.73 Å². The molecule has 0 aliphatic carbocycles. The van der Waals surface area contributed by atoms with Crippen LogP contribution in [0.3, 0.4) is 0 Å². The van der Waals surface area contributed by atoms with E-state index in [0.29, 0.717) is 19.0 Å². The number of rotatable bonds is 6. The second-order valence-corrected chi connectivity index (χ2v) is 8.00. The number of hydrogen-bond donors (Lipinski definition) is 2. The smallest absolute Gasteiger partial charge is 0.410 e. The van der Waals surface area contributed by atoms with Gasteiger partial charge in [-0.2, -0.15) is 0 Å². The van der Waals surface area contributed by atoms with Crippen LogP contribution in [0, 0.1) is 5.92 Å². The van der Waals surface area contributed by atoms with E-state index in [1.807, 2.05) is 37.8 Å². The van der Waals surface area contributed by atoms with E-state index in [1.54, 1.807) is 0 Å². The van der Waals surface area contributed by atoms with Crippen molar-refractivity contribution < 1.29 is 9.53 Å². The Morgan fingerprint density at radius 1 is 1.26 bits per heavy atom. The standard InChI is InChI=1S/C20H35N5O2/c1-5-21-18(22-10-14-24-11-6-7-12-24)23-15-17-9-8-13-25(16-17)19(26)27-20(2,3)4/h6-7,11-12,17H,5,8-10,13-16H2,1-4H3,(H2,21,22,23). The first-order valence-electron chi connectivity index (χ1n) is 9.98. The fourth-order valence-electron chi connectivity index (χ4n) is 3.09. The topological polar surface area (TPSA) is 70.9 Å². The average molecular weight is 378 g/mol. The van der Waals surface area contributed by atoms with E-state index < -0.39 is 5.60 Å². The number of aliphatic imine (C=N–C) groups is 1. The van der Waals surface area contributed by atoms with Crippen molar-refractivity contribution in [2.24, 2.45) is 10.9 Å². The Morgan fingerprint density at radius 2 is 2.00 bits per heavy atom. The van der Waals surface area contributed by atoms with Gasteiger partial charge in [0, 0.05) is 51.7 Å². The van der Waals surface area contributed by atoms with Crippen LogP contribution in [-0.2, 0) is 11.3 Å². The predicted molar refractivity (Wildman–Crippen MR) is 109 cm³/mol. The molecule has 1 unspecified atom stereocenters. The van der Waals surface area contributed by atoms with Gasteiger partial charge in [-0.25, -0.2) is 4.79 Å². The van der Waals surface area contributed by atoms with Gasteiger partial charge in [0.25, 0.3) is 0 Å². The molecule has 0 radical (unpaired) electrons. The van der Waals surface area contributed by atoms with Gasteiger partial charge >= 0.3 is 6.09 Å². The fraction of sp³-hybridized carbons (Fsp3) is 0.700. The van der Waals surface area contributed by atoms with Crippen LogP contribution >= 0.6 is 0 Å². The molecule has 0 saturated carbocycles.